The number of ether oxygens (including phenoxy) is 3. The lowest BCUT2D eigenvalue weighted by Crippen LogP contribution is -2.40. The van der Waals surface area contributed by atoms with Crippen LogP contribution in [0.4, 0.5) is 0 Å². The molecule has 45 heavy (non-hydrogen) atoms. The molecule has 3 aromatic carbocycles. The Morgan fingerprint density at radius 3 is 2.58 bits per heavy atom. The molecule has 230 valence electrons. The number of thiazole rings is 1. The van der Waals surface area contributed by atoms with E-state index in [-0.39, 0.29) is 17.7 Å². The minimum Gasteiger partial charge on any atom is -0.497 e. The number of benzene rings is 3. The SMILES string of the molecule is CCOC(=O)C1=C(C)N=c2s/c(=C/c3cn(Cc4ccc(Cl)c(Cl)c4)c4ccccc34)c(=O)n2[C@H]1c1ccc(OC)cc1OC. The molecule has 0 unspecified atom stereocenters. The normalized spacial score (nSPS) is 14.8. The van der Waals surface area contributed by atoms with Gasteiger partial charge in [-0.3, -0.25) is 9.36 Å². The summed E-state index contributed by atoms with van der Waals surface area (Å²) >= 11 is 13.7. The fourth-order valence-corrected chi connectivity index (χ4v) is 6.99. The topological polar surface area (TPSA) is 84.1 Å². The van der Waals surface area contributed by atoms with Crippen LogP contribution >= 0.6 is 34.5 Å². The van der Waals surface area contributed by atoms with Gasteiger partial charge in [-0.25, -0.2) is 9.79 Å². The van der Waals surface area contributed by atoms with E-state index in [0.717, 1.165) is 22.0 Å². The Bertz CT molecular complexity index is 2180. The molecule has 0 amide bonds. The zero-order valence-corrected chi connectivity index (χ0v) is 27.3. The molecule has 0 radical (unpaired) electrons. The van der Waals surface area contributed by atoms with Gasteiger partial charge in [0.2, 0.25) is 0 Å². The molecule has 0 bridgehead atoms. The Morgan fingerprint density at radius 2 is 1.84 bits per heavy atom. The number of halogens is 2. The van der Waals surface area contributed by atoms with E-state index >= 15 is 0 Å². The largest absolute Gasteiger partial charge is 0.497 e. The van der Waals surface area contributed by atoms with Crippen molar-refractivity contribution in [3.05, 3.63) is 125 Å². The molecule has 1 aliphatic heterocycles. The molecule has 0 spiro atoms. The van der Waals surface area contributed by atoms with Crippen LogP contribution in [0.3, 0.4) is 0 Å². The van der Waals surface area contributed by atoms with Crippen LogP contribution in [0, 0.1) is 0 Å². The van der Waals surface area contributed by atoms with E-state index in [1.807, 2.05) is 48.7 Å². The highest BCUT2D eigenvalue weighted by molar-refractivity contribution is 7.07. The first-order chi connectivity index (χ1) is 21.7. The summed E-state index contributed by atoms with van der Waals surface area (Å²) in [5.74, 6) is 0.510. The van der Waals surface area contributed by atoms with E-state index in [1.165, 1.54) is 18.4 Å². The van der Waals surface area contributed by atoms with Gasteiger partial charge in [-0.2, -0.15) is 0 Å². The highest BCUT2D eigenvalue weighted by Gasteiger charge is 2.35. The number of para-hydroxylation sites is 1. The summed E-state index contributed by atoms with van der Waals surface area (Å²) in [6.07, 6.45) is 3.90. The summed E-state index contributed by atoms with van der Waals surface area (Å²) in [7, 11) is 3.10. The van der Waals surface area contributed by atoms with Gasteiger partial charge in [0, 0.05) is 40.8 Å². The number of methoxy groups -OCH3 is 2. The molecule has 0 saturated carbocycles. The number of aromatic nitrogens is 2. The summed E-state index contributed by atoms with van der Waals surface area (Å²) in [5, 5.41) is 1.98. The maximum atomic E-state index is 14.3. The Labute approximate surface area is 273 Å². The average Bonchev–Trinajstić information content (AvgIpc) is 3.54. The number of rotatable bonds is 8. The minimum atomic E-state index is -0.820. The Morgan fingerprint density at radius 1 is 1.04 bits per heavy atom. The van der Waals surface area contributed by atoms with Crippen LogP contribution in [-0.2, 0) is 16.1 Å². The standard InChI is InChI=1S/C34H29Cl2N3O5S/c1-5-44-33(41)30-19(2)37-34-39(31(30)24-12-11-22(42-3)16-28(24)43-4)32(40)29(45-34)15-21-18-38(27-9-7-6-8-23(21)27)17-20-10-13-25(35)26(36)14-20/h6-16,18,31H,5,17H2,1-4H3/b29-15+/t31-/m0/s1. The smallest absolute Gasteiger partial charge is 0.338 e. The lowest BCUT2D eigenvalue weighted by atomic mass is 9.95. The van der Waals surface area contributed by atoms with Gasteiger partial charge in [-0.05, 0) is 55.8 Å². The number of nitrogens with zero attached hydrogens (tertiary/aromatic N) is 3. The molecule has 0 aliphatic carbocycles. The van der Waals surface area contributed by atoms with Crippen molar-refractivity contribution >= 4 is 57.5 Å². The number of allylic oxidation sites excluding steroid dienone is 1. The summed E-state index contributed by atoms with van der Waals surface area (Å²) < 4.78 is 20.7. The Hall–Kier alpha value is -4.31. The zero-order chi connectivity index (χ0) is 31.8. The maximum Gasteiger partial charge on any atom is 0.338 e. The van der Waals surface area contributed by atoms with Crippen molar-refractivity contribution in [2.24, 2.45) is 4.99 Å². The molecule has 2 aromatic heterocycles. The van der Waals surface area contributed by atoms with Gasteiger partial charge in [-0.1, -0.05) is 58.8 Å². The predicted octanol–water partition coefficient (Wildman–Crippen LogP) is 6.13. The van der Waals surface area contributed by atoms with Gasteiger partial charge >= 0.3 is 5.97 Å². The maximum absolute atomic E-state index is 14.3. The van der Waals surface area contributed by atoms with Crippen LogP contribution in [0.1, 0.15) is 36.6 Å². The van der Waals surface area contributed by atoms with Crippen LogP contribution in [0.2, 0.25) is 10.0 Å². The number of carbonyl (C=O) groups excluding carboxylic acids is 1. The lowest BCUT2D eigenvalue weighted by molar-refractivity contribution is -0.139. The highest BCUT2D eigenvalue weighted by atomic mass is 35.5. The second kappa shape index (κ2) is 12.6. The first-order valence-corrected chi connectivity index (χ1v) is 15.7. The van der Waals surface area contributed by atoms with Crippen molar-refractivity contribution in [1.29, 1.82) is 0 Å². The van der Waals surface area contributed by atoms with Crippen LogP contribution in [-0.4, -0.2) is 35.9 Å². The minimum absolute atomic E-state index is 0.179. The van der Waals surface area contributed by atoms with E-state index in [4.69, 9.17) is 42.4 Å². The molecule has 0 N–H and O–H groups in total. The van der Waals surface area contributed by atoms with Gasteiger partial charge in [0.1, 0.15) is 17.5 Å². The lowest BCUT2D eigenvalue weighted by Gasteiger charge is -2.26. The van der Waals surface area contributed by atoms with Crippen LogP contribution in [0.5, 0.6) is 11.5 Å². The van der Waals surface area contributed by atoms with E-state index in [2.05, 4.69) is 4.57 Å². The van der Waals surface area contributed by atoms with E-state index in [1.54, 1.807) is 49.8 Å². The summed E-state index contributed by atoms with van der Waals surface area (Å²) in [6, 6.07) is 18.1. The van der Waals surface area contributed by atoms with Gasteiger partial charge in [0.15, 0.2) is 4.80 Å². The van der Waals surface area contributed by atoms with Gasteiger partial charge in [0.25, 0.3) is 5.56 Å². The van der Waals surface area contributed by atoms with Crippen molar-refractivity contribution in [1.82, 2.24) is 9.13 Å². The molecule has 0 fully saturated rings. The Kier molecular flexibility index (Phi) is 8.59. The fourth-order valence-electron chi connectivity index (χ4n) is 5.63. The van der Waals surface area contributed by atoms with E-state index < -0.39 is 12.0 Å². The second-order valence-corrected chi connectivity index (χ2v) is 12.2. The highest BCUT2D eigenvalue weighted by Crippen LogP contribution is 2.37. The summed E-state index contributed by atoms with van der Waals surface area (Å²) in [6.45, 7) is 4.23. The number of esters is 1. The van der Waals surface area contributed by atoms with Crippen molar-refractivity contribution in [2.45, 2.75) is 26.4 Å². The fraction of sp³-hybridized carbons (Fsp3) is 0.206. The van der Waals surface area contributed by atoms with Crippen molar-refractivity contribution < 1.29 is 19.0 Å². The molecular formula is C34H29Cl2N3O5S. The average molecular weight is 663 g/mol. The van der Waals surface area contributed by atoms with Gasteiger partial charge < -0.3 is 18.8 Å². The second-order valence-electron chi connectivity index (χ2n) is 10.4. The molecular weight excluding hydrogens is 633 g/mol. The number of carbonyl (C=O) groups is 1. The van der Waals surface area contributed by atoms with Crippen LogP contribution < -0.4 is 24.4 Å². The first-order valence-electron chi connectivity index (χ1n) is 14.2. The number of hydrogen-bond acceptors (Lipinski definition) is 7. The third kappa shape index (κ3) is 5.67. The molecule has 8 nitrogen and oxygen atoms in total. The van der Waals surface area contributed by atoms with Gasteiger partial charge in [0.05, 0.1) is 46.7 Å². The zero-order valence-electron chi connectivity index (χ0n) is 25.0. The van der Waals surface area contributed by atoms with E-state index in [9.17, 15) is 9.59 Å². The van der Waals surface area contributed by atoms with Crippen molar-refractivity contribution in [3.63, 3.8) is 0 Å². The molecule has 3 heterocycles. The first kappa shape index (κ1) is 30.7. The number of hydrogen-bond donors (Lipinski definition) is 0. The molecule has 6 rings (SSSR count). The van der Waals surface area contributed by atoms with E-state index in [0.29, 0.717) is 48.7 Å². The molecule has 0 saturated heterocycles. The van der Waals surface area contributed by atoms with Gasteiger partial charge in [-0.15, -0.1) is 0 Å². The Balaban J connectivity index is 1.53. The molecule has 5 aromatic rings. The molecule has 11 heteroatoms. The number of fused-ring (bicyclic) bond motifs is 2. The van der Waals surface area contributed by atoms with Crippen molar-refractivity contribution in [2.75, 3.05) is 20.8 Å². The molecule has 1 atom stereocenters. The quantitative estimate of drug-likeness (QED) is 0.187. The third-order valence-corrected chi connectivity index (χ3v) is 9.42. The van der Waals surface area contributed by atoms with Crippen LogP contribution in [0.25, 0.3) is 17.0 Å². The van der Waals surface area contributed by atoms with Crippen LogP contribution in [0.15, 0.2) is 87.9 Å². The summed E-state index contributed by atoms with van der Waals surface area (Å²) in [5.41, 5.74) is 3.95. The summed E-state index contributed by atoms with van der Waals surface area (Å²) in [4.78, 5) is 32.8. The monoisotopic (exact) mass is 661 g/mol. The third-order valence-electron chi connectivity index (χ3n) is 7.70. The molecule has 1 aliphatic rings. The predicted molar refractivity (Wildman–Crippen MR) is 177 cm³/mol. The van der Waals surface area contributed by atoms with Crippen molar-refractivity contribution in [3.8, 4) is 11.5 Å².